The Morgan fingerprint density at radius 1 is 1.12 bits per heavy atom. The topological polar surface area (TPSA) is 284 Å². The van der Waals surface area contributed by atoms with E-state index in [1.54, 1.807) is 28.9 Å². The number of thioether (sulfide) groups is 2. The number of fused-ring (bicyclic) bond motifs is 2. The average molecular weight is 765 g/mol. The predicted octanol–water partition coefficient (Wildman–Crippen LogP) is 1.09. The van der Waals surface area contributed by atoms with Crippen LogP contribution in [-0.4, -0.2) is 101 Å². The van der Waals surface area contributed by atoms with Crippen LogP contribution in [0.2, 0.25) is 0 Å². The third-order valence-electron chi connectivity index (χ3n) is 7.70. The third kappa shape index (κ3) is 6.56. The van der Waals surface area contributed by atoms with E-state index in [9.17, 15) is 39.6 Å². The number of nitrogen functional groups attached to an aromatic ring is 1. The summed E-state index contributed by atoms with van der Waals surface area (Å²) in [6, 6.07) is 6.61. The van der Waals surface area contributed by atoms with Gasteiger partial charge in [0.05, 0.1) is 18.1 Å². The van der Waals surface area contributed by atoms with Gasteiger partial charge in [-0.3, -0.25) is 19.3 Å². The number of nitrogens with zero attached hydrogens (tertiary/aromatic N) is 7. The minimum atomic E-state index is -1.31. The fourth-order valence-corrected chi connectivity index (χ4v) is 8.28. The molecule has 0 spiro atoms. The lowest BCUT2D eigenvalue weighted by Gasteiger charge is -2.49. The Hall–Kier alpha value is -6.13. The summed E-state index contributed by atoms with van der Waals surface area (Å²) < 4.78 is 1.58. The Balaban J connectivity index is 1.08. The van der Waals surface area contributed by atoms with E-state index in [2.05, 4.69) is 35.5 Å². The van der Waals surface area contributed by atoms with E-state index >= 15 is 0 Å². The summed E-state index contributed by atoms with van der Waals surface area (Å²) in [6.45, 7) is -0.388. The number of hydrogen-bond acceptors (Lipinski definition) is 17. The Bertz CT molecular complexity index is 2390. The minimum Gasteiger partial charge on any atom is -0.504 e. The highest BCUT2D eigenvalue weighted by Crippen LogP contribution is 2.42. The first-order valence-electron chi connectivity index (χ1n) is 14.9. The summed E-state index contributed by atoms with van der Waals surface area (Å²) in [5.41, 5.74) is 6.35. The van der Waals surface area contributed by atoms with Crippen molar-refractivity contribution in [1.29, 1.82) is 0 Å². The number of oxime groups is 1. The first kappa shape index (κ1) is 34.3. The van der Waals surface area contributed by atoms with Gasteiger partial charge < -0.3 is 41.3 Å². The molecule has 1 saturated heterocycles. The van der Waals surface area contributed by atoms with Crippen LogP contribution in [0.1, 0.15) is 11.5 Å². The molecule has 0 saturated carbocycles. The van der Waals surface area contributed by atoms with Crippen molar-refractivity contribution < 1.29 is 39.6 Å². The molecule has 0 unspecified atom stereocenters. The second kappa shape index (κ2) is 13.9. The number of H-pyrrole nitrogens is 1. The summed E-state index contributed by atoms with van der Waals surface area (Å²) in [7, 11) is 0. The minimum absolute atomic E-state index is 0.00511. The fourth-order valence-electron chi connectivity index (χ4n) is 5.24. The molecule has 266 valence electrons. The number of β-lactam (4-membered cyclic amide) rings is 1. The predicted molar refractivity (Wildman–Crippen MR) is 187 cm³/mol. The third-order valence-corrected chi connectivity index (χ3v) is 10.8. The van der Waals surface area contributed by atoms with Crippen molar-refractivity contribution in [3.8, 4) is 28.5 Å². The Labute approximate surface area is 302 Å². The number of aliphatic carboxylic acids is 1. The van der Waals surface area contributed by atoms with Gasteiger partial charge in [-0.25, -0.2) is 19.3 Å². The van der Waals surface area contributed by atoms with E-state index in [-0.39, 0.29) is 57.7 Å². The van der Waals surface area contributed by atoms with Crippen molar-refractivity contribution in [3.05, 3.63) is 81.2 Å². The lowest BCUT2D eigenvalue weighted by molar-refractivity contribution is -0.150. The van der Waals surface area contributed by atoms with E-state index < -0.39 is 40.5 Å². The van der Waals surface area contributed by atoms with Gasteiger partial charge in [0.2, 0.25) is 0 Å². The molecule has 5 aromatic rings. The first-order chi connectivity index (χ1) is 25.0. The number of anilines is 1. The molecule has 2 atom stereocenters. The van der Waals surface area contributed by atoms with E-state index in [4.69, 9.17) is 10.6 Å². The molecular formula is C30H24N10O9S3. The molecule has 19 nitrogen and oxygen atoms in total. The second-order valence-electron chi connectivity index (χ2n) is 11.0. The van der Waals surface area contributed by atoms with E-state index in [1.165, 1.54) is 41.0 Å². The van der Waals surface area contributed by atoms with Crippen LogP contribution < -0.4 is 16.6 Å². The SMILES string of the molecule is Nc1nc(/C(=N/OCc2nc(=O)c(O)c[nH]2)C(=O)N[C@@H]2C(=O)N3C(C(=O)O)=C(CSc4cc(-c5ccc(O)c(O)c5)nc5ccnn45)CS[C@H]23)cs1. The maximum atomic E-state index is 13.5. The van der Waals surface area contributed by atoms with E-state index in [0.29, 0.717) is 27.5 Å². The van der Waals surface area contributed by atoms with Gasteiger partial charge in [0.25, 0.3) is 11.8 Å². The summed E-state index contributed by atoms with van der Waals surface area (Å²) in [5, 5.41) is 51.6. The number of carboxylic acid groups (broad SMARTS) is 1. The number of carbonyl (C=O) groups excluding carboxylic acids is 2. The maximum Gasteiger partial charge on any atom is 0.352 e. The Morgan fingerprint density at radius 2 is 1.94 bits per heavy atom. The lowest BCUT2D eigenvalue weighted by Crippen LogP contribution is -2.71. The number of phenols is 2. The maximum absolute atomic E-state index is 13.5. The van der Waals surface area contributed by atoms with Crippen molar-refractivity contribution >= 4 is 69.1 Å². The monoisotopic (exact) mass is 764 g/mol. The van der Waals surface area contributed by atoms with Crippen LogP contribution in [0.15, 0.2) is 74.4 Å². The second-order valence-corrected chi connectivity index (χ2v) is 14.0. The molecule has 4 aromatic heterocycles. The van der Waals surface area contributed by atoms with Crippen LogP contribution in [0.5, 0.6) is 17.2 Å². The van der Waals surface area contributed by atoms with Crippen molar-refractivity contribution in [2.45, 2.75) is 23.0 Å². The zero-order valence-corrected chi connectivity index (χ0v) is 28.6. The molecular weight excluding hydrogens is 741 g/mol. The highest BCUT2D eigenvalue weighted by molar-refractivity contribution is 8.01. The number of hydrogen-bond donors (Lipinski definition) is 7. The first-order valence-corrected chi connectivity index (χ1v) is 17.8. The summed E-state index contributed by atoms with van der Waals surface area (Å²) in [6.07, 6.45) is 2.58. The van der Waals surface area contributed by atoms with Crippen molar-refractivity contribution in [1.82, 2.24) is 39.8 Å². The van der Waals surface area contributed by atoms with Gasteiger partial charge in [0.1, 0.15) is 27.8 Å². The van der Waals surface area contributed by atoms with E-state index in [0.717, 1.165) is 22.4 Å². The highest BCUT2D eigenvalue weighted by Gasteiger charge is 2.54. The zero-order valence-electron chi connectivity index (χ0n) is 26.2. The quantitative estimate of drug-likeness (QED) is 0.0247. The number of aromatic nitrogens is 6. The normalized spacial score (nSPS) is 17.2. The molecule has 1 fully saturated rings. The largest absolute Gasteiger partial charge is 0.504 e. The van der Waals surface area contributed by atoms with Gasteiger partial charge in [0, 0.05) is 28.5 Å². The van der Waals surface area contributed by atoms with Crippen LogP contribution in [0, 0.1) is 0 Å². The average Bonchev–Trinajstić information content (AvgIpc) is 3.79. The number of carboxylic acids is 1. The molecule has 7 rings (SSSR count). The van der Waals surface area contributed by atoms with Crippen LogP contribution in [0.3, 0.4) is 0 Å². The number of aromatic hydroxyl groups is 3. The zero-order chi connectivity index (χ0) is 36.7. The number of amides is 2. The summed E-state index contributed by atoms with van der Waals surface area (Å²) in [5.74, 6) is -3.60. The van der Waals surface area contributed by atoms with Gasteiger partial charge in [-0.2, -0.15) is 10.1 Å². The Morgan fingerprint density at radius 3 is 2.67 bits per heavy atom. The Kier molecular flexibility index (Phi) is 9.16. The summed E-state index contributed by atoms with van der Waals surface area (Å²) >= 11 is 3.58. The number of phenolic OH excluding ortho intramolecular Hbond substituents is 2. The molecule has 0 radical (unpaired) electrons. The lowest BCUT2D eigenvalue weighted by atomic mass is 10.0. The molecule has 8 N–H and O–H groups in total. The van der Waals surface area contributed by atoms with Gasteiger partial charge in [-0.1, -0.05) is 5.16 Å². The number of thiazole rings is 1. The number of aromatic amines is 1. The molecule has 2 amide bonds. The van der Waals surface area contributed by atoms with Crippen molar-refractivity contribution in [3.63, 3.8) is 0 Å². The summed E-state index contributed by atoms with van der Waals surface area (Å²) in [4.78, 5) is 72.2. The molecule has 52 heavy (non-hydrogen) atoms. The van der Waals surface area contributed by atoms with Gasteiger partial charge in [-0.15, -0.1) is 34.9 Å². The fraction of sp³-hybridized carbons (Fsp3) is 0.167. The van der Waals surface area contributed by atoms with Crippen molar-refractivity contribution in [2.75, 3.05) is 17.2 Å². The van der Waals surface area contributed by atoms with Gasteiger partial charge in [0.15, 0.2) is 46.2 Å². The van der Waals surface area contributed by atoms with Crippen molar-refractivity contribution in [2.24, 2.45) is 5.16 Å². The van der Waals surface area contributed by atoms with Crippen LogP contribution >= 0.6 is 34.9 Å². The van der Waals surface area contributed by atoms with Crippen LogP contribution in [-0.2, 0) is 25.8 Å². The molecule has 2 aliphatic heterocycles. The highest BCUT2D eigenvalue weighted by atomic mass is 32.2. The smallest absolute Gasteiger partial charge is 0.352 e. The standard InChI is InChI=1S/C30H24N10O9S3/c31-30-35-15(11-52-30)22(38-49-8-19-32-7-18(43)25(44)36-19)26(45)37-23-27(46)39-24(29(47)48)13(10-51-28(23)39)9-50-21-6-14(34-20-3-4-33-40(20)21)12-1-2-16(41)17(42)5-12/h1-7,11,23,28,41-43H,8-10H2,(H2,31,35)(H,37,45)(H,47,48)(H,32,36,44)/b38-22-/t23-,28-/m1/s1. The van der Waals surface area contributed by atoms with Crippen LogP contribution in [0.4, 0.5) is 5.13 Å². The molecule has 22 heteroatoms. The molecule has 6 heterocycles. The molecule has 1 aromatic carbocycles. The van der Waals surface area contributed by atoms with E-state index in [1.807, 2.05) is 0 Å². The molecule has 0 bridgehead atoms. The van der Waals surface area contributed by atoms with Gasteiger partial charge in [-0.05, 0) is 29.8 Å². The number of rotatable bonds is 11. The number of carbonyl (C=O) groups is 3. The number of nitrogens with one attached hydrogen (secondary N) is 2. The number of benzene rings is 1. The molecule has 2 aliphatic rings. The number of nitrogens with two attached hydrogens (primary N) is 1. The molecule has 0 aliphatic carbocycles. The van der Waals surface area contributed by atoms with Crippen LogP contribution in [0.25, 0.3) is 16.9 Å². The van der Waals surface area contributed by atoms with Gasteiger partial charge >= 0.3 is 11.5 Å².